The van der Waals surface area contributed by atoms with Crippen LogP contribution in [0.3, 0.4) is 0 Å². The Bertz CT molecular complexity index is 166. The summed E-state index contributed by atoms with van der Waals surface area (Å²) in [5, 5.41) is 3.15. The SMILES string of the molecule is CCCCC(=O)NC(CCC)CC(C)C. The first kappa shape index (κ1) is 14.5. The maximum Gasteiger partial charge on any atom is 0.220 e. The molecule has 0 bridgehead atoms. The van der Waals surface area contributed by atoms with Crippen molar-refractivity contribution in [1.82, 2.24) is 5.32 Å². The molecule has 1 amide bonds. The number of carbonyl (C=O) groups is 1. The summed E-state index contributed by atoms with van der Waals surface area (Å²) in [7, 11) is 0. The van der Waals surface area contributed by atoms with Crippen molar-refractivity contribution in [3.8, 4) is 0 Å². The molecule has 15 heavy (non-hydrogen) atoms. The molecule has 90 valence electrons. The predicted octanol–water partition coefficient (Wildman–Crippen LogP) is 3.51. The third kappa shape index (κ3) is 8.46. The fourth-order valence-corrected chi connectivity index (χ4v) is 1.80. The lowest BCUT2D eigenvalue weighted by atomic mass is 10.00. The molecule has 0 spiro atoms. The highest BCUT2D eigenvalue weighted by molar-refractivity contribution is 5.76. The molecule has 0 aromatic heterocycles. The largest absolute Gasteiger partial charge is 0.353 e. The number of unbranched alkanes of at least 4 members (excludes halogenated alkanes) is 1. The van der Waals surface area contributed by atoms with Gasteiger partial charge >= 0.3 is 0 Å². The van der Waals surface area contributed by atoms with Gasteiger partial charge in [0, 0.05) is 12.5 Å². The zero-order chi connectivity index (χ0) is 11.7. The van der Waals surface area contributed by atoms with Gasteiger partial charge in [0.1, 0.15) is 0 Å². The highest BCUT2D eigenvalue weighted by atomic mass is 16.1. The van der Waals surface area contributed by atoms with Gasteiger partial charge in [-0.15, -0.1) is 0 Å². The number of rotatable bonds is 8. The van der Waals surface area contributed by atoms with Crippen LogP contribution < -0.4 is 5.32 Å². The molecule has 0 aliphatic rings. The first-order valence-electron chi connectivity index (χ1n) is 6.39. The molecule has 0 heterocycles. The maximum atomic E-state index is 11.6. The number of hydrogen-bond acceptors (Lipinski definition) is 1. The van der Waals surface area contributed by atoms with Crippen LogP contribution in [0.5, 0.6) is 0 Å². The fourth-order valence-electron chi connectivity index (χ4n) is 1.80. The van der Waals surface area contributed by atoms with Gasteiger partial charge in [-0.1, -0.05) is 40.5 Å². The standard InChI is InChI=1S/C13H27NO/c1-5-7-9-13(15)14-12(8-6-2)10-11(3)4/h11-12H,5-10H2,1-4H3,(H,14,15). The van der Waals surface area contributed by atoms with Gasteiger partial charge in [0.2, 0.25) is 5.91 Å². The van der Waals surface area contributed by atoms with E-state index in [2.05, 4.69) is 33.0 Å². The Labute approximate surface area is 94.8 Å². The zero-order valence-corrected chi connectivity index (χ0v) is 10.8. The minimum atomic E-state index is 0.232. The second-order valence-electron chi connectivity index (χ2n) is 4.79. The van der Waals surface area contributed by atoms with E-state index in [0.717, 1.165) is 32.1 Å². The van der Waals surface area contributed by atoms with Crippen molar-refractivity contribution >= 4 is 5.91 Å². The van der Waals surface area contributed by atoms with Gasteiger partial charge in [0.15, 0.2) is 0 Å². The van der Waals surface area contributed by atoms with E-state index < -0.39 is 0 Å². The third-order valence-electron chi connectivity index (χ3n) is 2.52. The minimum Gasteiger partial charge on any atom is -0.353 e. The van der Waals surface area contributed by atoms with E-state index in [1.165, 1.54) is 0 Å². The molecule has 0 fully saturated rings. The molecular formula is C13H27NO. The summed E-state index contributed by atoms with van der Waals surface area (Å²) >= 11 is 0. The average Bonchev–Trinajstić information content (AvgIpc) is 2.14. The first-order chi connectivity index (χ1) is 7.10. The van der Waals surface area contributed by atoms with Crippen molar-refractivity contribution in [2.45, 2.75) is 72.3 Å². The summed E-state index contributed by atoms with van der Waals surface area (Å²) in [6, 6.07) is 0.388. The number of carbonyl (C=O) groups excluding carboxylic acids is 1. The van der Waals surface area contributed by atoms with Gasteiger partial charge in [-0.3, -0.25) is 4.79 Å². The van der Waals surface area contributed by atoms with Gasteiger partial charge in [0.05, 0.1) is 0 Å². The van der Waals surface area contributed by atoms with Gasteiger partial charge in [-0.2, -0.15) is 0 Å². The lowest BCUT2D eigenvalue weighted by Gasteiger charge is -2.20. The van der Waals surface area contributed by atoms with Crippen molar-refractivity contribution in [3.63, 3.8) is 0 Å². The Morgan fingerprint density at radius 2 is 1.87 bits per heavy atom. The Morgan fingerprint density at radius 1 is 1.20 bits per heavy atom. The normalized spacial score (nSPS) is 12.9. The lowest BCUT2D eigenvalue weighted by molar-refractivity contribution is -0.122. The molecule has 2 nitrogen and oxygen atoms in total. The van der Waals surface area contributed by atoms with E-state index in [4.69, 9.17) is 0 Å². The second-order valence-corrected chi connectivity index (χ2v) is 4.79. The predicted molar refractivity (Wildman–Crippen MR) is 65.8 cm³/mol. The summed E-state index contributed by atoms with van der Waals surface area (Å²) in [5.74, 6) is 0.893. The molecule has 0 aromatic carbocycles. The van der Waals surface area contributed by atoms with E-state index in [-0.39, 0.29) is 5.91 Å². The quantitative estimate of drug-likeness (QED) is 0.657. The molecule has 0 rings (SSSR count). The van der Waals surface area contributed by atoms with E-state index in [1.807, 2.05) is 0 Å². The molecule has 0 radical (unpaired) electrons. The van der Waals surface area contributed by atoms with E-state index in [9.17, 15) is 4.79 Å². The topological polar surface area (TPSA) is 29.1 Å². The van der Waals surface area contributed by atoms with Crippen molar-refractivity contribution in [1.29, 1.82) is 0 Å². The van der Waals surface area contributed by atoms with Gasteiger partial charge in [-0.05, 0) is 25.2 Å². The average molecular weight is 213 g/mol. The third-order valence-corrected chi connectivity index (χ3v) is 2.52. The Balaban J connectivity index is 3.86. The van der Waals surface area contributed by atoms with Crippen LogP contribution in [0, 0.1) is 5.92 Å². The maximum absolute atomic E-state index is 11.6. The molecule has 0 saturated carbocycles. The van der Waals surface area contributed by atoms with Gasteiger partial charge in [0.25, 0.3) is 0 Å². The van der Waals surface area contributed by atoms with Crippen LogP contribution in [-0.4, -0.2) is 11.9 Å². The number of hydrogen-bond donors (Lipinski definition) is 1. The summed E-state index contributed by atoms with van der Waals surface area (Å²) in [6.45, 7) is 8.71. The van der Waals surface area contributed by atoms with Crippen LogP contribution >= 0.6 is 0 Å². The van der Waals surface area contributed by atoms with Crippen LogP contribution in [-0.2, 0) is 4.79 Å². The van der Waals surface area contributed by atoms with E-state index >= 15 is 0 Å². The monoisotopic (exact) mass is 213 g/mol. The van der Waals surface area contributed by atoms with Gasteiger partial charge in [-0.25, -0.2) is 0 Å². The molecule has 0 aliphatic carbocycles. The molecule has 0 saturated heterocycles. The molecule has 2 heteroatoms. The Hall–Kier alpha value is -0.530. The van der Waals surface area contributed by atoms with Crippen LogP contribution in [0.4, 0.5) is 0 Å². The van der Waals surface area contributed by atoms with Crippen molar-refractivity contribution < 1.29 is 4.79 Å². The van der Waals surface area contributed by atoms with Crippen LogP contribution in [0.2, 0.25) is 0 Å². The van der Waals surface area contributed by atoms with E-state index in [1.54, 1.807) is 0 Å². The van der Waals surface area contributed by atoms with E-state index in [0.29, 0.717) is 18.4 Å². The second kappa shape index (κ2) is 8.75. The molecule has 1 N–H and O–H groups in total. The van der Waals surface area contributed by atoms with Crippen molar-refractivity contribution in [2.75, 3.05) is 0 Å². The van der Waals surface area contributed by atoms with Gasteiger partial charge < -0.3 is 5.32 Å². The Kier molecular flexibility index (Phi) is 8.44. The summed E-state index contributed by atoms with van der Waals surface area (Å²) in [6.07, 6.45) is 6.14. The molecule has 1 unspecified atom stereocenters. The summed E-state index contributed by atoms with van der Waals surface area (Å²) in [5.41, 5.74) is 0. The first-order valence-corrected chi connectivity index (χ1v) is 6.39. The lowest BCUT2D eigenvalue weighted by Crippen LogP contribution is -2.35. The smallest absolute Gasteiger partial charge is 0.220 e. The molecule has 1 atom stereocenters. The fraction of sp³-hybridized carbons (Fsp3) is 0.923. The van der Waals surface area contributed by atoms with Crippen molar-refractivity contribution in [3.05, 3.63) is 0 Å². The molecule has 0 aliphatic heterocycles. The molecular weight excluding hydrogens is 186 g/mol. The van der Waals surface area contributed by atoms with Crippen LogP contribution in [0.15, 0.2) is 0 Å². The minimum absolute atomic E-state index is 0.232. The zero-order valence-electron chi connectivity index (χ0n) is 10.8. The highest BCUT2D eigenvalue weighted by Crippen LogP contribution is 2.10. The summed E-state index contributed by atoms with van der Waals surface area (Å²) in [4.78, 5) is 11.6. The number of nitrogens with one attached hydrogen (secondary N) is 1. The molecule has 0 aromatic rings. The highest BCUT2D eigenvalue weighted by Gasteiger charge is 2.12. The van der Waals surface area contributed by atoms with Crippen molar-refractivity contribution in [2.24, 2.45) is 5.92 Å². The van der Waals surface area contributed by atoms with Crippen LogP contribution in [0.25, 0.3) is 0 Å². The van der Waals surface area contributed by atoms with Crippen LogP contribution in [0.1, 0.15) is 66.2 Å². The number of amides is 1. The summed E-state index contributed by atoms with van der Waals surface area (Å²) < 4.78 is 0. The Morgan fingerprint density at radius 3 is 2.33 bits per heavy atom.